The second-order valence-electron chi connectivity index (χ2n) is 13.6. The Hall–Kier alpha value is -4.95. The maximum atomic E-state index is 4.74. The van der Waals surface area contributed by atoms with Crippen molar-refractivity contribution in [2.75, 3.05) is 0 Å². The molecular formula is C46H36IrN2-2. The van der Waals surface area contributed by atoms with Crippen LogP contribution in [0.5, 0.6) is 0 Å². The third-order valence-corrected chi connectivity index (χ3v) is 10.1. The van der Waals surface area contributed by atoms with Crippen molar-refractivity contribution in [2.24, 2.45) is 0 Å². The van der Waals surface area contributed by atoms with Crippen LogP contribution < -0.4 is 0 Å². The number of aromatic nitrogens is 2. The van der Waals surface area contributed by atoms with Crippen LogP contribution in [0, 0.1) is 12.1 Å². The first kappa shape index (κ1) is 32.6. The van der Waals surface area contributed by atoms with Crippen LogP contribution >= 0.6 is 0 Å². The zero-order valence-corrected chi connectivity index (χ0v) is 30.5. The Morgan fingerprint density at radius 2 is 0.959 bits per heavy atom. The molecule has 2 aliphatic rings. The molecule has 2 aliphatic carbocycles. The third kappa shape index (κ3) is 5.48. The van der Waals surface area contributed by atoms with Crippen molar-refractivity contribution in [2.45, 2.75) is 38.5 Å². The van der Waals surface area contributed by atoms with Crippen LogP contribution in [-0.4, -0.2) is 9.97 Å². The Labute approximate surface area is 303 Å². The molecule has 0 bridgehead atoms. The normalized spacial score (nSPS) is 13.9. The summed E-state index contributed by atoms with van der Waals surface area (Å²) in [5.41, 5.74) is 17.5. The molecule has 2 heterocycles. The number of hydrogen-bond donors (Lipinski definition) is 0. The molecule has 0 fully saturated rings. The van der Waals surface area contributed by atoms with Crippen LogP contribution in [0.1, 0.15) is 49.9 Å². The topological polar surface area (TPSA) is 25.8 Å². The number of rotatable bonds is 3. The number of fused-ring (bicyclic) bond motifs is 6. The zero-order valence-electron chi connectivity index (χ0n) is 28.1. The van der Waals surface area contributed by atoms with Crippen molar-refractivity contribution >= 4 is 0 Å². The molecule has 0 saturated carbocycles. The summed E-state index contributed by atoms with van der Waals surface area (Å²) in [7, 11) is 0. The fourth-order valence-corrected chi connectivity index (χ4v) is 7.66. The van der Waals surface area contributed by atoms with Gasteiger partial charge in [0, 0.05) is 43.3 Å². The van der Waals surface area contributed by atoms with Crippen LogP contribution in [0.15, 0.2) is 146 Å². The first-order chi connectivity index (χ1) is 23.4. The Balaban J connectivity index is 0.000000246. The van der Waals surface area contributed by atoms with Gasteiger partial charge >= 0.3 is 0 Å². The Kier molecular flexibility index (Phi) is 8.53. The first-order valence-electron chi connectivity index (χ1n) is 16.6. The SMILES string of the molecule is CC1(C)c2ccccc2-c2c1cc1c(c2-c2ccnc(-c3[c-]cccc3)c2)-c2ccccc2C1(C)C.[Ir].[c-]1ccccc1-c1ccccn1. The van der Waals surface area contributed by atoms with Crippen molar-refractivity contribution in [1.82, 2.24) is 9.97 Å². The Morgan fingerprint density at radius 3 is 1.49 bits per heavy atom. The molecule has 2 nitrogen and oxygen atoms in total. The maximum Gasteiger partial charge on any atom is 0.0166 e. The van der Waals surface area contributed by atoms with Gasteiger partial charge in [-0.25, -0.2) is 0 Å². The van der Waals surface area contributed by atoms with Crippen LogP contribution in [0.4, 0.5) is 0 Å². The van der Waals surface area contributed by atoms with E-state index in [1.54, 1.807) is 6.20 Å². The summed E-state index contributed by atoms with van der Waals surface area (Å²) < 4.78 is 0. The summed E-state index contributed by atoms with van der Waals surface area (Å²) in [4.78, 5) is 8.95. The second kappa shape index (κ2) is 12.8. The van der Waals surface area contributed by atoms with E-state index in [1.165, 1.54) is 55.6 Å². The van der Waals surface area contributed by atoms with Gasteiger partial charge in [-0.15, -0.1) is 71.8 Å². The predicted octanol–water partition coefficient (Wildman–Crippen LogP) is 11.4. The van der Waals surface area contributed by atoms with E-state index in [0.29, 0.717) is 0 Å². The first-order valence-corrected chi connectivity index (χ1v) is 16.6. The summed E-state index contributed by atoms with van der Waals surface area (Å²) >= 11 is 0. The molecule has 0 saturated heterocycles. The zero-order chi connectivity index (χ0) is 32.9. The molecule has 49 heavy (non-hydrogen) atoms. The van der Waals surface area contributed by atoms with E-state index in [1.807, 2.05) is 60.8 Å². The standard InChI is InChI=1S/C35H28N.C11H8N.Ir/c1-34(2)26-16-10-8-14-24(26)32-28(34)21-29-33(25-15-9-11-17-27(25)35(29,3)4)31(32)23-18-19-36-30(20-23)22-12-6-5-7-13-22;1-2-6-10(7-3-1)11-8-4-5-9-12-11;/h5-12,14-21H,1-4H3;1-6,8-9H;/q2*-1;. The minimum Gasteiger partial charge on any atom is -0.305 e. The van der Waals surface area contributed by atoms with Crippen molar-refractivity contribution in [1.29, 1.82) is 0 Å². The molecule has 3 heteroatoms. The van der Waals surface area contributed by atoms with Gasteiger partial charge in [-0.3, -0.25) is 0 Å². The Bertz CT molecular complexity index is 2150. The van der Waals surface area contributed by atoms with Crippen LogP contribution in [0.2, 0.25) is 0 Å². The van der Waals surface area contributed by atoms with E-state index >= 15 is 0 Å². The summed E-state index contributed by atoms with van der Waals surface area (Å²) in [6.45, 7) is 9.50. The monoisotopic (exact) mass is 809 g/mol. The smallest absolute Gasteiger partial charge is 0.0166 e. The predicted molar refractivity (Wildman–Crippen MR) is 198 cm³/mol. The Morgan fingerprint density at radius 1 is 0.449 bits per heavy atom. The molecule has 0 spiro atoms. The molecule has 0 atom stereocenters. The van der Waals surface area contributed by atoms with E-state index in [2.05, 4.69) is 124 Å². The molecule has 9 rings (SSSR count). The van der Waals surface area contributed by atoms with Gasteiger partial charge in [0.2, 0.25) is 0 Å². The minimum absolute atomic E-state index is 0. The van der Waals surface area contributed by atoms with E-state index in [0.717, 1.165) is 22.5 Å². The van der Waals surface area contributed by atoms with Gasteiger partial charge in [0.25, 0.3) is 0 Å². The summed E-state index contributed by atoms with van der Waals surface area (Å²) in [6, 6.07) is 53.2. The molecule has 0 N–H and O–H groups in total. The van der Waals surface area contributed by atoms with Gasteiger partial charge in [-0.2, -0.15) is 0 Å². The van der Waals surface area contributed by atoms with E-state index in [9.17, 15) is 0 Å². The molecule has 241 valence electrons. The average Bonchev–Trinajstić information content (AvgIpc) is 3.52. The number of pyridine rings is 2. The summed E-state index contributed by atoms with van der Waals surface area (Å²) in [5, 5.41) is 0. The fourth-order valence-electron chi connectivity index (χ4n) is 7.66. The van der Waals surface area contributed by atoms with Gasteiger partial charge in [0.05, 0.1) is 0 Å². The minimum atomic E-state index is -0.0658. The van der Waals surface area contributed by atoms with Crippen molar-refractivity contribution in [3.8, 4) is 55.9 Å². The van der Waals surface area contributed by atoms with Gasteiger partial charge < -0.3 is 9.97 Å². The molecule has 2 aromatic heterocycles. The second-order valence-corrected chi connectivity index (χ2v) is 13.6. The molecule has 0 unspecified atom stereocenters. The van der Waals surface area contributed by atoms with Crippen molar-refractivity contribution in [3.63, 3.8) is 0 Å². The fraction of sp³-hybridized carbons (Fsp3) is 0.130. The number of nitrogens with zero attached hydrogens (tertiary/aromatic N) is 2. The number of benzene rings is 5. The van der Waals surface area contributed by atoms with Crippen LogP contribution in [-0.2, 0) is 30.9 Å². The van der Waals surface area contributed by atoms with Crippen molar-refractivity contribution < 1.29 is 20.1 Å². The van der Waals surface area contributed by atoms with Gasteiger partial charge in [0.1, 0.15) is 0 Å². The van der Waals surface area contributed by atoms with Gasteiger partial charge in [-0.1, -0.05) is 100 Å². The molecular weight excluding hydrogens is 773 g/mol. The summed E-state index contributed by atoms with van der Waals surface area (Å²) in [5.74, 6) is 0. The molecule has 1 radical (unpaired) electrons. The van der Waals surface area contributed by atoms with E-state index in [4.69, 9.17) is 4.98 Å². The average molecular weight is 809 g/mol. The quantitative estimate of drug-likeness (QED) is 0.166. The molecule has 7 aromatic rings. The van der Waals surface area contributed by atoms with Crippen LogP contribution in [0.25, 0.3) is 55.9 Å². The van der Waals surface area contributed by atoms with E-state index in [-0.39, 0.29) is 30.9 Å². The largest absolute Gasteiger partial charge is 0.305 e. The number of hydrogen-bond acceptors (Lipinski definition) is 2. The maximum absolute atomic E-state index is 4.74. The van der Waals surface area contributed by atoms with Gasteiger partial charge in [-0.05, 0) is 79.2 Å². The molecule has 0 amide bonds. The van der Waals surface area contributed by atoms with Gasteiger partial charge in [0.15, 0.2) is 0 Å². The van der Waals surface area contributed by atoms with E-state index < -0.39 is 0 Å². The molecule has 0 aliphatic heterocycles. The molecule has 5 aromatic carbocycles. The van der Waals surface area contributed by atoms with Crippen molar-refractivity contribution in [3.05, 3.63) is 180 Å². The third-order valence-electron chi connectivity index (χ3n) is 10.1. The summed E-state index contributed by atoms with van der Waals surface area (Å²) in [6.07, 6.45) is 3.74. The van der Waals surface area contributed by atoms with Crippen LogP contribution in [0.3, 0.4) is 0 Å².